The highest BCUT2D eigenvalue weighted by Gasteiger charge is 2.21. The first-order valence-electron chi connectivity index (χ1n) is 9.19. The third kappa shape index (κ3) is 5.34. The Bertz CT molecular complexity index is 922. The summed E-state index contributed by atoms with van der Waals surface area (Å²) < 4.78 is 1.64. The summed E-state index contributed by atoms with van der Waals surface area (Å²) in [7, 11) is 1.80. The number of nitrogens with one attached hydrogen (secondary N) is 3. The van der Waals surface area contributed by atoms with Gasteiger partial charge in [-0.3, -0.25) is 15.2 Å². The Morgan fingerprint density at radius 1 is 1.28 bits per heavy atom. The molecule has 9 nitrogen and oxygen atoms in total. The Balaban J connectivity index is 0.00000240. The van der Waals surface area contributed by atoms with Crippen molar-refractivity contribution in [2.24, 2.45) is 7.05 Å². The molecule has 1 amide bonds. The predicted molar refractivity (Wildman–Crippen MR) is 113 cm³/mol. The number of nitrogens with zero attached hydrogens (tertiary/aromatic N) is 5. The van der Waals surface area contributed by atoms with Gasteiger partial charge < -0.3 is 5.32 Å². The van der Waals surface area contributed by atoms with Crippen LogP contribution in [0.5, 0.6) is 0 Å². The van der Waals surface area contributed by atoms with Crippen LogP contribution in [0.15, 0.2) is 35.7 Å². The molecule has 1 fully saturated rings. The van der Waals surface area contributed by atoms with E-state index in [0.29, 0.717) is 17.4 Å². The molecule has 1 aliphatic heterocycles. The Morgan fingerprint density at radius 2 is 2.03 bits per heavy atom. The van der Waals surface area contributed by atoms with Crippen molar-refractivity contribution in [3.63, 3.8) is 0 Å². The van der Waals surface area contributed by atoms with E-state index in [0.717, 1.165) is 48.2 Å². The number of aromatic amines is 1. The number of hydrogen-bond donors (Lipinski definition) is 3. The number of piperidine rings is 1. The molecule has 29 heavy (non-hydrogen) atoms. The zero-order chi connectivity index (χ0) is 19.3. The van der Waals surface area contributed by atoms with Gasteiger partial charge in [-0.15, -0.1) is 12.4 Å². The number of benzene rings is 1. The smallest absolute Gasteiger partial charge is 0.258 e. The van der Waals surface area contributed by atoms with E-state index < -0.39 is 0 Å². The van der Waals surface area contributed by atoms with Crippen LogP contribution in [0.1, 0.15) is 40.5 Å². The predicted octanol–water partition coefficient (Wildman–Crippen LogP) is 2.37. The normalized spacial score (nSPS) is 14.4. The fourth-order valence-corrected chi connectivity index (χ4v) is 3.84. The van der Waals surface area contributed by atoms with E-state index in [4.69, 9.17) is 0 Å². The third-order valence-corrected chi connectivity index (χ3v) is 5.64. The molecular weight excluding hydrogens is 412 g/mol. The molecule has 0 saturated carbocycles. The van der Waals surface area contributed by atoms with Gasteiger partial charge in [0, 0.05) is 24.3 Å². The van der Waals surface area contributed by atoms with Crippen molar-refractivity contribution in [1.82, 2.24) is 35.3 Å². The fraction of sp³-hybridized carbons (Fsp3) is 0.389. The number of thioether (sulfide) groups is 1. The van der Waals surface area contributed by atoms with Crippen molar-refractivity contribution in [3.8, 4) is 0 Å². The number of H-pyrrole nitrogens is 1. The van der Waals surface area contributed by atoms with Crippen LogP contribution in [-0.4, -0.2) is 48.9 Å². The number of anilines is 1. The van der Waals surface area contributed by atoms with Crippen LogP contribution in [0.2, 0.25) is 0 Å². The quantitative estimate of drug-likeness (QED) is 0.510. The van der Waals surface area contributed by atoms with Gasteiger partial charge in [-0.2, -0.15) is 15.2 Å². The van der Waals surface area contributed by atoms with Crippen LogP contribution >= 0.6 is 24.2 Å². The van der Waals surface area contributed by atoms with E-state index in [1.165, 1.54) is 6.33 Å². The Morgan fingerprint density at radius 3 is 2.72 bits per heavy atom. The van der Waals surface area contributed by atoms with E-state index in [2.05, 4.69) is 35.9 Å². The number of carbonyl (C=O) groups is 1. The topological polar surface area (TPSA) is 113 Å². The lowest BCUT2D eigenvalue weighted by atomic mass is 9.98. The molecule has 0 radical (unpaired) electrons. The van der Waals surface area contributed by atoms with Crippen molar-refractivity contribution >= 4 is 36.0 Å². The van der Waals surface area contributed by atoms with Crippen molar-refractivity contribution < 1.29 is 4.79 Å². The van der Waals surface area contributed by atoms with Crippen LogP contribution in [-0.2, 0) is 12.8 Å². The number of halogens is 1. The fourth-order valence-electron chi connectivity index (χ4n) is 3.11. The van der Waals surface area contributed by atoms with Gasteiger partial charge in [0.1, 0.15) is 6.33 Å². The maximum Gasteiger partial charge on any atom is 0.258 e. The zero-order valence-electron chi connectivity index (χ0n) is 16.0. The van der Waals surface area contributed by atoms with Crippen LogP contribution in [0.25, 0.3) is 0 Å². The van der Waals surface area contributed by atoms with Gasteiger partial charge in [0.05, 0.1) is 0 Å². The lowest BCUT2D eigenvalue weighted by molar-refractivity contribution is 0.102. The number of carbonyl (C=O) groups excluding carboxylic acids is 1. The number of aromatic nitrogens is 6. The van der Waals surface area contributed by atoms with Crippen LogP contribution in [0.4, 0.5) is 5.95 Å². The first kappa shape index (κ1) is 21.3. The van der Waals surface area contributed by atoms with Gasteiger partial charge in [-0.05, 0) is 43.6 Å². The summed E-state index contributed by atoms with van der Waals surface area (Å²) in [5.74, 6) is 2.18. The summed E-state index contributed by atoms with van der Waals surface area (Å²) in [5, 5.41) is 18.1. The Kier molecular flexibility index (Phi) is 7.24. The Hall–Kier alpha value is -2.43. The molecule has 0 spiro atoms. The molecule has 1 aromatic carbocycles. The lowest BCUT2D eigenvalue weighted by Crippen LogP contribution is -2.27. The molecule has 0 bridgehead atoms. The summed E-state index contributed by atoms with van der Waals surface area (Å²) in [6, 6.07) is 7.51. The van der Waals surface area contributed by atoms with Gasteiger partial charge in [0.2, 0.25) is 5.95 Å². The minimum atomic E-state index is -0.193. The van der Waals surface area contributed by atoms with Crippen LogP contribution < -0.4 is 10.6 Å². The minimum Gasteiger partial charge on any atom is -0.317 e. The molecule has 1 aliphatic rings. The molecule has 3 aromatic rings. The highest BCUT2D eigenvalue weighted by Crippen LogP contribution is 2.23. The largest absolute Gasteiger partial charge is 0.317 e. The summed E-state index contributed by atoms with van der Waals surface area (Å²) in [4.78, 5) is 21.2. The maximum absolute atomic E-state index is 12.6. The highest BCUT2D eigenvalue weighted by atomic mass is 35.5. The molecule has 4 rings (SSSR count). The highest BCUT2D eigenvalue weighted by molar-refractivity contribution is 7.98. The van der Waals surface area contributed by atoms with Crippen molar-refractivity contribution in [2.45, 2.75) is 29.7 Å². The summed E-state index contributed by atoms with van der Waals surface area (Å²) in [5.41, 5.74) is 1.68. The molecular formula is C18H23ClN8OS. The molecule has 11 heteroatoms. The van der Waals surface area contributed by atoms with E-state index in [1.807, 2.05) is 24.3 Å². The van der Waals surface area contributed by atoms with Crippen molar-refractivity contribution in [1.29, 1.82) is 0 Å². The number of hydrogen-bond acceptors (Lipinski definition) is 7. The van der Waals surface area contributed by atoms with Crippen molar-refractivity contribution in [3.05, 3.63) is 47.5 Å². The first-order chi connectivity index (χ1) is 13.7. The van der Waals surface area contributed by atoms with E-state index in [-0.39, 0.29) is 18.3 Å². The zero-order valence-corrected chi connectivity index (χ0v) is 17.6. The van der Waals surface area contributed by atoms with E-state index in [9.17, 15) is 4.79 Å². The summed E-state index contributed by atoms with van der Waals surface area (Å²) in [6.45, 7) is 1.96. The first-order valence-corrected chi connectivity index (χ1v) is 10.2. The SMILES string of the molecule is Cl.Cn1nc(C2CCNCC2)nc1NC(=O)c1ccc(CSc2ncn[nH]2)cc1. The molecule has 3 heterocycles. The van der Waals surface area contributed by atoms with Crippen molar-refractivity contribution in [2.75, 3.05) is 18.4 Å². The van der Waals surface area contributed by atoms with E-state index in [1.54, 1.807) is 23.5 Å². The second-order valence-corrected chi connectivity index (χ2v) is 7.64. The average Bonchev–Trinajstić information content (AvgIpc) is 3.38. The maximum atomic E-state index is 12.6. The third-order valence-electron chi connectivity index (χ3n) is 4.69. The molecule has 2 aromatic heterocycles. The van der Waals surface area contributed by atoms with E-state index >= 15 is 0 Å². The molecule has 1 saturated heterocycles. The van der Waals surface area contributed by atoms with Gasteiger partial charge in [0.25, 0.3) is 5.91 Å². The average molecular weight is 435 g/mol. The standard InChI is InChI=1S/C18H22N8OS.ClH/c1-26-17(22-15(25-26)13-6-8-19-9-7-13)23-16(27)14-4-2-12(3-5-14)10-28-18-20-11-21-24-18;/h2-5,11,13,19H,6-10H2,1H3,(H,20,21,24)(H,22,23,25,27);1H. The molecule has 0 unspecified atom stereocenters. The van der Waals surface area contributed by atoms with Gasteiger partial charge in [-0.25, -0.2) is 9.67 Å². The number of rotatable bonds is 6. The Labute approximate surface area is 178 Å². The second kappa shape index (κ2) is 9.86. The minimum absolute atomic E-state index is 0. The van der Waals surface area contributed by atoms with Gasteiger partial charge in [-0.1, -0.05) is 23.9 Å². The molecule has 154 valence electrons. The second-order valence-electron chi connectivity index (χ2n) is 6.67. The molecule has 0 atom stereocenters. The molecule has 3 N–H and O–H groups in total. The van der Waals surface area contributed by atoms with Crippen LogP contribution in [0.3, 0.4) is 0 Å². The van der Waals surface area contributed by atoms with Gasteiger partial charge in [0.15, 0.2) is 11.0 Å². The van der Waals surface area contributed by atoms with Crippen LogP contribution in [0, 0.1) is 0 Å². The number of aryl methyl sites for hydroxylation is 1. The monoisotopic (exact) mass is 434 g/mol. The van der Waals surface area contributed by atoms with Gasteiger partial charge >= 0.3 is 0 Å². The summed E-state index contributed by atoms with van der Waals surface area (Å²) in [6.07, 6.45) is 3.52. The summed E-state index contributed by atoms with van der Waals surface area (Å²) >= 11 is 1.56. The molecule has 0 aliphatic carbocycles. The lowest BCUT2D eigenvalue weighted by Gasteiger charge is -2.19. The number of amides is 1.